The quantitative estimate of drug-likeness (QED) is 0.193. The predicted octanol–water partition coefficient (Wildman–Crippen LogP) is 3.02. The summed E-state index contributed by atoms with van der Waals surface area (Å²) in [5.41, 5.74) is 7.66. The first kappa shape index (κ1) is 27.9. The zero-order chi connectivity index (χ0) is 24.5. The molecule has 1 fully saturated rings. The van der Waals surface area contributed by atoms with Crippen LogP contribution in [0, 0.1) is 17.2 Å². The number of carboxylic acid groups (broad SMARTS) is 1. The van der Waals surface area contributed by atoms with Gasteiger partial charge in [0.2, 0.25) is 11.8 Å². The molecule has 1 unspecified atom stereocenters. The highest BCUT2D eigenvalue weighted by molar-refractivity contribution is 6.01. The van der Waals surface area contributed by atoms with Crippen LogP contribution in [0.25, 0.3) is 0 Å². The van der Waals surface area contributed by atoms with Crippen LogP contribution in [-0.2, 0) is 27.3 Å². The predicted molar refractivity (Wildman–Crippen MR) is 136 cm³/mol. The first-order chi connectivity index (χ1) is 16.3. The standard InChI is InChI=1S/C26H32N4O4.ClH/c27-23(28)20-13-11-17(12-14-20)15-21(24(31)29-16-18-7-3-1-4-8-18)25(32)30-22(26(33)34)19-9-5-2-6-10-19;/h1,3-4,7-8,11-14,19,21-22H,2,5-6,9-10,15-16H2,(H3,27,28)(H,29,31)(H,30,32)(H,33,34);1H/t21?,22-;/m0./s1. The first-order valence-electron chi connectivity index (χ1n) is 11.6. The maximum Gasteiger partial charge on any atom is 0.326 e. The van der Waals surface area contributed by atoms with Crippen molar-refractivity contribution in [3.05, 3.63) is 71.3 Å². The van der Waals surface area contributed by atoms with Gasteiger partial charge in [-0.25, -0.2) is 4.79 Å². The summed E-state index contributed by atoms with van der Waals surface area (Å²) in [6, 6.07) is 15.1. The van der Waals surface area contributed by atoms with E-state index in [-0.39, 0.29) is 37.1 Å². The average Bonchev–Trinajstić information content (AvgIpc) is 2.85. The van der Waals surface area contributed by atoms with Crippen LogP contribution in [0.5, 0.6) is 0 Å². The molecule has 188 valence electrons. The van der Waals surface area contributed by atoms with E-state index in [2.05, 4.69) is 10.6 Å². The molecular weight excluding hydrogens is 468 g/mol. The van der Waals surface area contributed by atoms with Crippen LogP contribution in [0.4, 0.5) is 0 Å². The number of hydrogen-bond donors (Lipinski definition) is 5. The third-order valence-corrected chi connectivity index (χ3v) is 6.33. The highest BCUT2D eigenvalue weighted by atomic mass is 35.5. The third-order valence-electron chi connectivity index (χ3n) is 6.33. The lowest BCUT2D eigenvalue weighted by atomic mass is 9.83. The van der Waals surface area contributed by atoms with Crippen molar-refractivity contribution in [2.45, 2.75) is 51.1 Å². The number of benzene rings is 2. The molecule has 0 bridgehead atoms. The summed E-state index contributed by atoms with van der Waals surface area (Å²) in [4.78, 5) is 38.3. The van der Waals surface area contributed by atoms with Gasteiger partial charge in [-0.1, -0.05) is 73.9 Å². The van der Waals surface area contributed by atoms with Crippen LogP contribution >= 0.6 is 12.4 Å². The zero-order valence-corrected chi connectivity index (χ0v) is 20.4. The summed E-state index contributed by atoms with van der Waals surface area (Å²) in [6.45, 7) is 0.262. The Bertz CT molecular complexity index is 1010. The molecule has 0 aliphatic heterocycles. The van der Waals surface area contributed by atoms with Gasteiger partial charge >= 0.3 is 5.97 Å². The fourth-order valence-corrected chi connectivity index (χ4v) is 4.37. The molecule has 1 aliphatic carbocycles. The molecule has 6 N–H and O–H groups in total. The molecule has 2 amide bonds. The van der Waals surface area contributed by atoms with E-state index in [1.165, 1.54) is 0 Å². The van der Waals surface area contributed by atoms with Gasteiger partial charge in [-0.15, -0.1) is 12.4 Å². The fourth-order valence-electron chi connectivity index (χ4n) is 4.37. The van der Waals surface area contributed by atoms with Crippen molar-refractivity contribution in [3.8, 4) is 0 Å². The number of hydrogen-bond acceptors (Lipinski definition) is 4. The molecular formula is C26H33ClN4O4. The van der Waals surface area contributed by atoms with Gasteiger partial charge in [0.15, 0.2) is 0 Å². The summed E-state index contributed by atoms with van der Waals surface area (Å²) in [5, 5.41) is 22.8. The Morgan fingerprint density at radius 3 is 2.14 bits per heavy atom. The van der Waals surface area contributed by atoms with Crippen molar-refractivity contribution in [2.75, 3.05) is 0 Å². The molecule has 2 aromatic carbocycles. The van der Waals surface area contributed by atoms with Crippen LogP contribution in [0.2, 0.25) is 0 Å². The van der Waals surface area contributed by atoms with Crippen LogP contribution < -0.4 is 16.4 Å². The molecule has 3 rings (SSSR count). The molecule has 1 saturated carbocycles. The second kappa shape index (κ2) is 13.5. The summed E-state index contributed by atoms with van der Waals surface area (Å²) in [7, 11) is 0. The van der Waals surface area contributed by atoms with E-state index in [0.717, 1.165) is 37.7 Å². The summed E-state index contributed by atoms with van der Waals surface area (Å²) in [5.74, 6) is -3.45. The van der Waals surface area contributed by atoms with E-state index in [0.29, 0.717) is 11.1 Å². The molecule has 0 saturated heterocycles. The smallest absolute Gasteiger partial charge is 0.326 e. The van der Waals surface area contributed by atoms with Crippen molar-refractivity contribution in [3.63, 3.8) is 0 Å². The Morgan fingerprint density at radius 1 is 0.943 bits per heavy atom. The SMILES string of the molecule is Cl.N=C(N)c1ccc(CC(C(=O)NCc2ccccc2)C(=O)N[C@H](C(=O)O)C2CCCCC2)cc1. The monoisotopic (exact) mass is 500 g/mol. The molecule has 8 nitrogen and oxygen atoms in total. The zero-order valence-electron chi connectivity index (χ0n) is 19.5. The number of carboxylic acids is 1. The number of aliphatic carboxylic acids is 1. The second-order valence-corrected chi connectivity index (χ2v) is 8.79. The number of rotatable bonds is 10. The number of amides is 2. The van der Waals surface area contributed by atoms with Gasteiger partial charge in [0, 0.05) is 12.1 Å². The molecule has 0 spiro atoms. The lowest BCUT2D eigenvalue weighted by molar-refractivity contribution is -0.146. The Balaban J connectivity index is 0.00000432. The van der Waals surface area contributed by atoms with Crippen LogP contribution in [-0.4, -0.2) is 34.8 Å². The fraction of sp³-hybridized carbons (Fsp3) is 0.385. The van der Waals surface area contributed by atoms with Gasteiger partial charge in [0.25, 0.3) is 0 Å². The minimum atomic E-state index is -1.10. The minimum Gasteiger partial charge on any atom is -0.480 e. The number of carbonyl (C=O) groups is 3. The molecule has 9 heteroatoms. The topological polar surface area (TPSA) is 145 Å². The van der Waals surface area contributed by atoms with Crippen molar-refractivity contribution in [2.24, 2.45) is 17.6 Å². The van der Waals surface area contributed by atoms with E-state index in [1.54, 1.807) is 24.3 Å². The molecule has 0 radical (unpaired) electrons. The molecule has 0 aromatic heterocycles. The van der Waals surface area contributed by atoms with Gasteiger partial charge in [0.1, 0.15) is 17.8 Å². The van der Waals surface area contributed by atoms with E-state index in [1.807, 2.05) is 30.3 Å². The molecule has 1 aliphatic rings. The van der Waals surface area contributed by atoms with Crippen molar-refractivity contribution in [1.29, 1.82) is 5.41 Å². The minimum absolute atomic E-state index is 0. The normalized spacial score (nSPS) is 15.2. The van der Waals surface area contributed by atoms with E-state index in [4.69, 9.17) is 11.1 Å². The molecule has 35 heavy (non-hydrogen) atoms. The Hall–Kier alpha value is -3.39. The van der Waals surface area contributed by atoms with Crippen molar-refractivity contribution >= 4 is 36.0 Å². The van der Waals surface area contributed by atoms with Crippen molar-refractivity contribution in [1.82, 2.24) is 10.6 Å². The number of nitrogens with one attached hydrogen (secondary N) is 3. The maximum absolute atomic E-state index is 13.2. The van der Waals surface area contributed by atoms with Gasteiger partial charge in [-0.05, 0) is 36.3 Å². The molecule has 2 atom stereocenters. The summed E-state index contributed by atoms with van der Waals surface area (Å²) in [6.07, 6.45) is 4.53. The van der Waals surface area contributed by atoms with E-state index in [9.17, 15) is 19.5 Å². The first-order valence-corrected chi connectivity index (χ1v) is 11.6. The number of amidine groups is 1. The Morgan fingerprint density at radius 2 is 1.57 bits per heavy atom. The molecule has 0 heterocycles. The number of nitrogen functional groups attached to an aromatic ring is 1. The van der Waals surface area contributed by atoms with Gasteiger partial charge in [0.05, 0.1) is 0 Å². The van der Waals surface area contributed by atoms with Crippen LogP contribution in [0.3, 0.4) is 0 Å². The Kier molecular flexibility index (Phi) is 10.7. The van der Waals surface area contributed by atoms with Gasteiger partial charge < -0.3 is 21.5 Å². The highest BCUT2D eigenvalue weighted by Crippen LogP contribution is 2.27. The second-order valence-electron chi connectivity index (χ2n) is 8.79. The van der Waals surface area contributed by atoms with Crippen molar-refractivity contribution < 1.29 is 19.5 Å². The lowest BCUT2D eigenvalue weighted by Crippen LogP contribution is -2.51. The Labute approximate surface area is 211 Å². The molecule has 2 aromatic rings. The van der Waals surface area contributed by atoms with Crippen LogP contribution in [0.15, 0.2) is 54.6 Å². The third kappa shape index (κ3) is 8.10. The number of nitrogens with two attached hydrogens (primary N) is 1. The average molecular weight is 501 g/mol. The van der Waals surface area contributed by atoms with Gasteiger partial charge in [-0.2, -0.15) is 0 Å². The van der Waals surface area contributed by atoms with Crippen LogP contribution in [0.1, 0.15) is 48.8 Å². The lowest BCUT2D eigenvalue weighted by Gasteiger charge is -2.29. The summed E-state index contributed by atoms with van der Waals surface area (Å²) >= 11 is 0. The van der Waals surface area contributed by atoms with E-state index >= 15 is 0 Å². The number of carbonyl (C=O) groups excluding carboxylic acids is 2. The van der Waals surface area contributed by atoms with E-state index < -0.39 is 29.7 Å². The van der Waals surface area contributed by atoms with Gasteiger partial charge in [-0.3, -0.25) is 15.0 Å². The highest BCUT2D eigenvalue weighted by Gasteiger charge is 2.35. The summed E-state index contributed by atoms with van der Waals surface area (Å²) < 4.78 is 0. The maximum atomic E-state index is 13.2. The largest absolute Gasteiger partial charge is 0.480 e. The number of halogens is 1.